The number of halogens is 1. The van der Waals surface area contributed by atoms with Crippen LogP contribution in [0.15, 0.2) is 18.2 Å². The molecule has 1 saturated heterocycles. The van der Waals surface area contributed by atoms with Crippen LogP contribution in [0, 0.1) is 12.8 Å². The van der Waals surface area contributed by atoms with Crippen LogP contribution < -0.4 is 5.32 Å². The van der Waals surface area contributed by atoms with E-state index in [1.807, 2.05) is 0 Å². The maximum Gasteiger partial charge on any atom is 0.0408 e. The van der Waals surface area contributed by atoms with Crippen LogP contribution in [0.4, 0.5) is 0 Å². The molecule has 1 N–H and O–H groups in total. The van der Waals surface area contributed by atoms with Crippen molar-refractivity contribution in [3.8, 4) is 0 Å². The Morgan fingerprint density at radius 2 is 2.00 bits per heavy atom. The van der Waals surface area contributed by atoms with E-state index in [-0.39, 0.29) is 0 Å². The molecule has 3 heteroatoms. The fourth-order valence-corrected chi connectivity index (χ4v) is 3.66. The van der Waals surface area contributed by atoms with E-state index in [2.05, 4.69) is 35.3 Å². The molecule has 19 heavy (non-hydrogen) atoms. The average Bonchev–Trinajstić information content (AvgIpc) is 2.35. The van der Waals surface area contributed by atoms with Crippen molar-refractivity contribution in [1.29, 1.82) is 0 Å². The number of aryl methyl sites for hydroxylation is 1. The van der Waals surface area contributed by atoms with Crippen LogP contribution in [0.3, 0.4) is 0 Å². The smallest absolute Gasteiger partial charge is 0.0408 e. The summed E-state index contributed by atoms with van der Waals surface area (Å²) in [4.78, 5) is 2.68. The number of nitrogens with zero attached hydrogens (tertiary/aromatic N) is 1. The maximum atomic E-state index is 6.11. The molecule has 3 rings (SSSR count). The Hall–Kier alpha value is -0.570. The molecule has 0 bridgehead atoms. The van der Waals surface area contributed by atoms with E-state index in [1.165, 1.54) is 43.5 Å². The highest BCUT2D eigenvalue weighted by Crippen LogP contribution is 2.42. The molecule has 2 aliphatic rings. The van der Waals surface area contributed by atoms with Gasteiger partial charge in [-0.2, -0.15) is 0 Å². The monoisotopic (exact) mass is 278 g/mol. The molecule has 0 unspecified atom stereocenters. The highest BCUT2D eigenvalue weighted by molar-refractivity contribution is 6.30. The van der Waals surface area contributed by atoms with Crippen molar-refractivity contribution < 1.29 is 0 Å². The average molecular weight is 279 g/mol. The standard InChI is InChI=1S/C16H23ClN2/c1-12-11-14(17)5-6-15(12)16(13-3-2-4-13)19-9-7-18-8-10-19/h5-6,11,13,16,18H,2-4,7-10H2,1H3/t16-/m1/s1. The highest BCUT2D eigenvalue weighted by Gasteiger charge is 2.34. The van der Waals surface area contributed by atoms with Crippen molar-refractivity contribution in [1.82, 2.24) is 10.2 Å². The van der Waals surface area contributed by atoms with Crippen LogP contribution in [0.2, 0.25) is 5.02 Å². The van der Waals surface area contributed by atoms with Gasteiger partial charge in [-0.05, 0) is 48.9 Å². The first kappa shape index (κ1) is 13.4. The summed E-state index contributed by atoms with van der Waals surface area (Å²) in [5.74, 6) is 0.845. The summed E-state index contributed by atoms with van der Waals surface area (Å²) in [6, 6.07) is 7.03. The van der Waals surface area contributed by atoms with Crippen molar-refractivity contribution in [3.63, 3.8) is 0 Å². The third-order valence-corrected chi connectivity index (χ3v) is 4.93. The topological polar surface area (TPSA) is 15.3 Å². The van der Waals surface area contributed by atoms with Gasteiger partial charge in [0.05, 0.1) is 0 Å². The Labute approximate surface area is 121 Å². The molecule has 1 aliphatic heterocycles. The molecule has 0 spiro atoms. The van der Waals surface area contributed by atoms with E-state index < -0.39 is 0 Å². The molecule has 0 radical (unpaired) electrons. The predicted molar refractivity (Wildman–Crippen MR) is 80.7 cm³/mol. The first-order valence-corrected chi connectivity index (χ1v) is 7.84. The predicted octanol–water partition coefficient (Wildman–Crippen LogP) is 3.39. The molecule has 1 heterocycles. The zero-order valence-electron chi connectivity index (χ0n) is 11.7. The van der Waals surface area contributed by atoms with Gasteiger partial charge in [0, 0.05) is 37.2 Å². The van der Waals surface area contributed by atoms with E-state index in [4.69, 9.17) is 11.6 Å². The van der Waals surface area contributed by atoms with Gasteiger partial charge < -0.3 is 5.32 Å². The Bertz CT molecular complexity index is 436. The summed E-state index contributed by atoms with van der Waals surface area (Å²) in [6.45, 7) is 6.78. The van der Waals surface area contributed by atoms with Gasteiger partial charge in [0.15, 0.2) is 0 Å². The van der Waals surface area contributed by atoms with Crippen LogP contribution in [0.1, 0.15) is 36.4 Å². The molecule has 2 fully saturated rings. The second-order valence-corrected chi connectivity index (χ2v) is 6.36. The highest BCUT2D eigenvalue weighted by atomic mass is 35.5. The third kappa shape index (κ3) is 2.81. The molecule has 1 atom stereocenters. The van der Waals surface area contributed by atoms with Gasteiger partial charge in [0.25, 0.3) is 0 Å². The summed E-state index contributed by atoms with van der Waals surface area (Å²) in [6.07, 6.45) is 4.17. The van der Waals surface area contributed by atoms with Gasteiger partial charge in [-0.25, -0.2) is 0 Å². The zero-order chi connectivity index (χ0) is 13.2. The lowest BCUT2D eigenvalue weighted by molar-refractivity contribution is 0.0833. The Morgan fingerprint density at radius 1 is 1.26 bits per heavy atom. The minimum Gasteiger partial charge on any atom is -0.314 e. The second kappa shape index (κ2) is 5.82. The number of rotatable bonds is 3. The van der Waals surface area contributed by atoms with Crippen LogP contribution in [0.5, 0.6) is 0 Å². The fourth-order valence-electron chi connectivity index (χ4n) is 3.44. The number of piperazine rings is 1. The normalized spacial score (nSPS) is 23.1. The quantitative estimate of drug-likeness (QED) is 0.912. The van der Waals surface area contributed by atoms with Crippen molar-refractivity contribution in [3.05, 3.63) is 34.3 Å². The first-order valence-electron chi connectivity index (χ1n) is 7.46. The molecule has 1 aromatic rings. The minimum atomic E-state index is 0.605. The molecule has 1 aromatic carbocycles. The van der Waals surface area contributed by atoms with Crippen molar-refractivity contribution in [2.75, 3.05) is 26.2 Å². The van der Waals surface area contributed by atoms with Gasteiger partial charge in [-0.3, -0.25) is 4.90 Å². The molecular formula is C16H23ClN2. The molecule has 1 aliphatic carbocycles. The fraction of sp³-hybridized carbons (Fsp3) is 0.625. The van der Waals surface area contributed by atoms with E-state index in [1.54, 1.807) is 0 Å². The number of hydrogen-bond donors (Lipinski definition) is 1. The lowest BCUT2D eigenvalue weighted by atomic mass is 9.75. The van der Waals surface area contributed by atoms with Crippen LogP contribution in [0.25, 0.3) is 0 Å². The molecule has 0 aromatic heterocycles. The Morgan fingerprint density at radius 3 is 2.58 bits per heavy atom. The second-order valence-electron chi connectivity index (χ2n) is 5.92. The molecule has 0 amide bonds. The number of nitrogens with one attached hydrogen (secondary N) is 1. The van der Waals surface area contributed by atoms with Gasteiger partial charge in [-0.15, -0.1) is 0 Å². The van der Waals surface area contributed by atoms with Crippen LogP contribution >= 0.6 is 11.6 Å². The maximum absolute atomic E-state index is 6.11. The van der Waals surface area contributed by atoms with Gasteiger partial charge in [0.2, 0.25) is 0 Å². The molecule has 1 saturated carbocycles. The molecule has 104 valence electrons. The van der Waals surface area contributed by atoms with Crippen molar-refractivity contribution in [2.45, 2.75) is 32.2 Å². The van der Waals surface area contributed by atoms with E-state index >= 15 is 0 Å². The summed E-state index contributed by atoms with van der Waals surface area (Å²) in [5, 5.41) is 4.31. The zero-order valence-corrected chi connectivity index (χ0v) is 12.4. The van der Waals surface area contributed by atoms with Gasteiger partial charge >= 0.3 is 0 Å². The van der Waals surface area contributed by atoms with E-state index in [0.29, 0.717) is 6.04 Å². The summed E-state index contributed by atoms with van der Waals surface area (Å²) >= 11 is 6.11. The van der Waals surface area contributed by atoms with Crippen LogP contribution in [-0.4, -0.2) is 31.1 Å². The Balaban J connectivity index is 1.88. The lowest BCUT2D eigenvalue weighted by Crippen LogP contribution is -2.48. The summed E-state index contributed by atoms with van der Waals surface area (Å²) in [5.41, 5.74) is 2.85. The minimum absolute atomic E-state index is 0.605. The molecular weight excluding hydrogens is 256 g/mol. The van der Waals surface area contributed by atoms with E-state index in [0.717, 1.165) is 24.0 Å². The van der Waals surface area contributed by atoms with Crippen LogP contribution in [-0.2, 0) is 0 Å². The summed E-state index contributed by atoms with van der Waals surface area (Å²) < 4.78 is 0. The largest absolute Gasteiger partial charge is 0.314 e. The summed E-state index contributed by atoms with van der Waals surface area (Å²) in [7, 11) is 0. The van der Waals surface area contributed by atoms with Crippen molar-refractivity contribution >= 4 is 11.6 Å². The SMILES string of the molecule is Cc1cc(Cl)ccc1[C@@H](C1CCC1)N1CCNCC1. The Kier molecular flexibility index (Phi) is 4.11. The third-order valence-electron chi connectivity index (χ3n) is 4.69. The van der Waals surface area contributed by atoms with Gasteiger partial charge in [0.1, 0.15) is 0 Å². The lowest BCUT2D eigenvalue weighted by Gasteiger charge is -2.43. The number of hydrogen-bond acceptors (Lipinski definition) is 2. The van der Waals surface area contributed by atoms with Gasteiger partial charge in [-0.1, -0.05) is 24.1 Å². The molecule has 2 nitrogen and oxygen atoms in total. The first-order chi connectivity index (χ1) is 9.25. The van der Waals surface area contributed by atoms with Crippen molar-refractivity contribution in [2.24, 2.45) is 5.92 Å². The van der Waals surface area contributed by atoms with E-state index in [9.17, 15) is 0 Å². The number of benzene rings is 1.